The van der Waals surface area contributed by atoms with Crippen molar-refractivity contribution in [2.45, 2.75) is 42.9 Å². The van der Waals surface area contributed by atoms with E-state index in [0.717, 1.165) is 69.1 Å². The summed E-state index contributed by atoms with van der Waals surface area (Å²) < 4.78 is 34.5. The number of hydrogen-bond donors (Lipinski definition) is 1. The maximum Gasteiger partial charge on any atom is 0.228 e. The average Bonchev–Trinajstić information content (AvgIpc) is 3.65. The Morgan fingerprint density at radius 2 is 1.68 bits per heavy atom. The number of benzene rings is 2. The molecular formula is C28H35N5O3S2. The van der Waals surface area contributed by atoms with Crippen molar-refractivity contribution in [3.63, 3.8) is 0 Å². The lowest BCUT2D eigenvalue weighted by atomic mass is 10.2. The van der Waals surface area contributed by atoms with Crippen molar-refractivity contribution in [3.8, 4) is 0 Å². The number of ether oxygens (including phenoxy) is 1. The third-order valence-corrected chi connectivity index (χ3v) is 8.87. The molecular weight excluding hydrogens is 518 g/mol. The fourth-order valence-electron chi connectivity index (χ4n) is 4.59. The molecule has 5 rings (SSSR count). The molecule has 10 heteroatoms. The van der Waals surface area contributed by atoms with Gasteiger partial charge < -0.3 is 19.5 Å². The molecule has 0 radical (unpaired) electrons. The van der Waals surface area contributed by atoms with E-state index in [4.69, 9.17) is 17.0 Å². The highest BCUT2D eigenvalue weighted by Gasteiger charge is 2.27. The van der Waals surface area contributed by atoms with Crippen molar-refractivity contribution >= 4 is 27.2 Å². The Labute approximate surface area is 230 Å². The van der Waals surface area contributed by atoms with E-state index in [1.807, 2.05) is 65.2 Å². The van der Waals surface area contributed by atoms with Gasteiger partial charge in [-0.2, -0.15) is 0 Å². The van der Waals surface area contributed by atoms with Crippen LogP contribution in [0.3, 0.4) is 0 Å². The van der Waals surface area contributed by atoms with E-state index in [0.29, 0.717) is 24.2 Å². The Bertz CT molecular complexity index is 1300. The van der Waals surface area contributed by atoms with Crippen LogP contribution >= 0.6 is 12.2 Å². The predicted octanol–water partition coefficient (Wildman–Crippen LogP) is 3.08. The number of rotatable bonds is 11. The Morgan fingerprint density at radius 3 is 2.34 bits per heavy atom. The molecule has 38 heavy (non-hydrogen) atoms. The van der Waals surface area contributed by atoms with Crippen molar-refractivity contribution in [2.24, 2.45) is 0 Å². The van der Waals surface area contributed by atoms with E-state index < -0.39 is 9.84 Å². The van der Waals surface area contributed by atoms with Gasteiger partial charge in [0.2, 0.25) is 15.0 Å². The third-order valence-electron chi connectivity index (χ3n) is 6.90. The summed E-state index contributed by atoms with van der Waals surface area (Å²) in [6.45, 7) is 5.80. The molecule has 1 saturated heterocycles. The van der Waals surface area contributed by atoms with Gasteiger partial charge in [-0.15, -0.1) is 0 Å². The number of nitrogens with one attached hydrogen (secondary N) is 1. The van der Waals surface area contributed by atoms with Gasteiger partial charge in [-0.1, -0.05) is 60.7 Å². The van der Waals surface area contributed by atoms with Crippen LogP contribution in [0.25, 0.3) is 0 Å². The zero-order valence-corrected chi connectivity index (χ0v) is 23.2. The van der Waals surface area contributed by atoms with Crippen molar-refractivity contribution in [2.75, 3.05) is 39.4 Å². The first-order chi connectivity index (χ1) is 18.5. The molecule has 0 unspecified atom stereocenters. The van der Waals surface area contributed by atoms with E-state index in [-0.39, 0.29) is 10.9 Å². The number of morpholine rings is 1. The van der Waals surface area contributed by atoms with E-state index in [1.165, 1.54) is 0 Å². The maximum atomic E-state index is 13.6. The second-order valence-electron chi connectivity index (χ2n) is 9.95. The molecule has 0 amide bonds. The zero-order valence-electron chi connectivity index (χ0n) is 21.5. The van der Waals surface area contributed by atoms with Crippen LogP contribution in [0.2, 0.25) is 0 Å². The maximum absolute atomic E-state index is 13.6. The van der Waals surface area contributed by atoms with E-state index in [2.05, 4.69) is 20.1 Å². The summed E-state index contributed by atoms with van der Waals surface area (Å²) in [6.07, 6.45) is 3.96. The van der Waals surface area contributed by atoms with Crippen molar-refractivity contribution in [1.29, 1.82) is 0 Å². The summed E-state index contributed by atoms with van der Waals surface area (Å²) in [5, 5.41) is 4.27. The van der Waals surface area contributed by atoms with Gasteiger partial charge >= 0.3 is 0 Å². The fraction of sp³-hybridized carbons (Fsp3) is 0.429. The summed E-state index contributed by atoms with van der Waals surface area (Å²) in [4.78, 5) is 9.00. The van der Waals surface area contributed by atoms with Gasteiger partial charge in [0.15, 0.2) is 5.11 Å². The summed E-state index contributed by atoms with van der Waals surface area (Å²) >= 11 is 5.82. The molecule has 1 aliphatic heterocycles. The van der Waals surface area contributed by atoms with Crippen molar-refractivity contribution in [3.05, 3.63) is 83.7 Å². The highest BCUT2D eigenvalue weighted by Crippen LogP contribution is 2.22. The smallest absolute Gasteiger partial charge is 0.228 e. The van der Waals surface area contributed by atoms with Crippen molar-refractivity contribution < 1.29 is 13.2 Å². The highest BCUT2D eigenvalue weighted by molar-refractivity contribution is 7.90. The summed E-state index contributed by atoms with van der Waals surface area (Å²) in [5.41, 5.74) is 2.58. The molecule has 1 aliphatic carbocycles. The Kier molecular flexibility index (Phi) is 8.73. The van der Waals surface area contributed by atoms with Crippen molar-refractivity contribution in [1.82, 2.24) is 24.7 Å². The molecule has 2 heterocycles. The van der Waals surface area contributed by atoms with Gasteiger partial charge in [0.05, 0.1) is 43.9 Å². The SMILES string of the molecule is O=S(=O)(Cc1ccccc1)c1ncc(CN(CCN2CCOCC2)C(=S)NC2CC2)n1Cc1ccccc1. The Balaban J connectivity index is 1.42. The van der Waals surface area contributed by atoms with Crippen LogP contribution in [0.15, 0.2) is 72.0 Å². The Morgan fingerprint density at radius 1 is 1.03 bits per heavy atom. The Hall–Kier alpha value is -2.79. The number of thiocarbonyl (C=S) groups is 1. The topological polar surface area (TPSA) is 79.7 Å². The number of nitrogens with zero attached hydrogens (tertiary/aromatic N) is 4. The summed E-state index contributed by atoms with van der Waals surface area (Å²) in [5.74, 6) is -0.0958. The second kappa shape index (κ2) is 12.4. The minimum atomic E-state index is -3.67. The number of sulfone groups is 1. The number of hydrogen-bond acceptors (Lipinski definition) is 6. The first-order valence-electron chi connectivity index (χ1n) is 13.2. The molecule has 202 valence electrons. The van der Waals surface area contributed by atoms with Crippen LogP contribution in [-0.2, 0) is 33.4 Å². The number of aromatic nitrogens is 2. The normalized spacial score (nSPS) is 16.3. The molecule has 1 aromatic heterocycles. The standard InChI is InChI=1S/C28H35N5O3S2/c34-38(35,22-24-9-5-2-6-10-24)28-29-19-26(33(28)20-23-7-3-1-4-8-23)21-32(27(37)30-25-11-12-25)14-13-31-15-17-36-18-16-31/h1-10,19,25H,11-18,20-22H2,(H,30,37). The molecule has 0 bridgehead atoms. The average molecular weight is 554 g/mol. The first kappa shape index (κ1) is 26.8. The minimum Gasteiger partial charge on any atom is -0.379 e. The molecule has 1 saturated carbocycles. The van der Waals surface area contributed by atoms with Crippen LogP contribution < -0.4 is 5.32 Å². The van der Waals surface area contributed by atoms with Gasteiger partial charge in [0.1, 0.15) is 0 Å². The second-order valence-corrected chi connectivity index (χ2v) is 12.2. The fourth-order valence-corrected chi connectivity index (χ4v) is 6.40. The highest BCUT2D eigenvalue weighted by atomic mass is 32.2. The quantitative estimate of drug-likeness (QED) is 0.363. The van der Waals surface area contributed by atoms with Crippen LogP contribution in [0, 0.1) is 0 Å². The van der Waals surface area contributed by atoms with Gasteiger partial charge in [-0.3, -0.25) is 4.90 Å². The van der Waals surface area contributed by atoms with Gasteiger partial charge in [0.25, 0.3) is 0 Å². The largest absolute Gasteiger partial charge is 0.379 e. The monoisotopic (exact) mass is 553 g/mol. The molecule has 0 spiro atoms. The van der Waals surface area contributed by atoms with Gasteiger partial charge in [-0.05, 0) is 36.2 Å². The molecule has 2 fully saturated rings. The molecule has 2 aromatic carbocycles. The van der Waals surface area contributed by atoms with E-state index >= 15 is 0 Å². The van der Waals surface area contributed by atoms with Crippen LogP contribution in [-0.4, -0.2) is 78.3 Å². The molecule has 0 atom stereocenters. The van der Waals surface area contributed by atoms with Crippen LogP contribution in [0.5, 0.6) is 0 Å². The molecule has 2 aliphatic rings. The third kappa shape index (κ3) is 7.19. The lowest BCUT2D eigenvalue weighted by Crippen LogP contribution is -2.46. The first-order valence-corrected chi connectivity index (χ1v) is 15.2. The van der Waals surface area contributed by atoms with Crippen LogP contribution in [0.1, 0.15) is 29.7 Å². The van der Waals surface area contributed by atoms with Gasteiger partial charge in [0, 0.05) is 32.2 Å². The number of imidazole rings is 1. The zero-order chi connectivity index (χ0) is 26.4. The lowest BCUT2D eigenvalue weighted by molar-refractivity contribution is 0.0356. The van der Waals surface area contributed by atoms with Crippen LogP contribution in [0.4, 0.5) is 0 Å². The van der Waals surface area contributed by atoms with Gasteiger partial charge in [-0.25, -0.2) is 13.4 Å². The molecule has 8 nitrogen and oxygen atoms in total. The predicted molar refractivity (Wildman–Crippen MR) is 152 cm³/mol. The summed E-state index contributed by atoms with van der Waals surface area (Å²) in [6, 6.07) is 19.6. The van der Waals surface area contributed by atoms with E-state index in [9.17, 15) is 8.42 Å². The molecule has 3 aromatic rings. The lowest BCUT2D eigenvalue weighted by Gasteiger charge is -2.31. The summed E-state index contributed by atoms with van der Waals surface area (Å²) in [7, 11) is -3.67. The minimum absolute atomic E-state index is 0.0920. The van der Waals surface area contributed by atoms with E-state index in [1.54, 1.807) is 6.20 Å². The molecule has 1 N–H and O–H groups in total.